The molecule has 10 heteroatoms. The fraction of sp³-hybridized carbons (Fsp3) is 0.278. The van der Waals surface area contributed by atoms with Crippen LogP contribution in [0.1, 0.15) is 22.8 Å². The predicted octanol–water partition coefficient (Wildman–Crippen LogP) is 0.989. The Morgan fingerprint density at radius 3 is 2.50 bits per heavy atom. The third kappa shape index (κ3) is 3.63. The molecule has 0 aliphatic carbocycles. The topological polar surface area (TPSA) is 129 Å². The highest BCUT2D eigenvalue weighted by molar-refractivity contribution is 7.99. The second kappa shape index (κ2) is 7.85. The molecule has 28 heavy (non-hydrogen) atoms. The van der Waals surface area contributed by atoms with Crippen LogP contribution in [0.5, 0.6) is 0 Å². The van der Waals surface area contributed by atoms with E-state index in [1.807, 2.05) is 24.3 Å². The smallest absolute Gasteiger partial charge is 0.332 e. The zero-order chi connectivity index (χ0) is 20.4. The zero-order valence-electron chi connectivity index (χ0n) is 15.7. The van der Waals surface area contributed by atoms with Crippen LogP contribution in [0.4, 0.5) is 5.82 Å². The Labute approximate surface area is 164 Å². The van der Waals surface area contributed by atoms with Crippen LogP contribution in [0.2, 0.25) is 0 Å². The van der Waals surface area contributed by atoms with Gasteiger partial charge in [-0.25, -0.2) is 9.78 Å². The van der Waals surface area contributed by atoms with Crippen molar-refractivity contribution in [2.45, 2.75) is 18.5 Å². The van der Waals surface area contributed by atoms with Crippen LogP contribution in [-0.4, -0.2) is 35.9 Å². The van der Waals surface area contributed by atoms with Crippen LogP contribution in [0, 0.1) is 0 Å². The molecule has 0 saturated carbocycles. The number of nitrogens with zero attached hydrogens (tertiary/aromatic N) is 4. The van der Waals surface area contributed by atoms with Gasteiger partial charge in [0.1, 0.15) is 11.4 Å². The van der Waals surface area contributed by atoms with Crippen molar-refractivity contribution in [3.05, 3.63) is 56.2 Å². The lowest BCUT2D eigenvalue weighted by molar-refractivity contribution is 0.102. The fourth-order valence-corrected chi connectivity index (χ4v) is 3.33. The highest BCUT2D eigenvalue weighted by Crippen LogP contribution is 2.21. The van der Waals surface area contributed by atoms with Gasteiger partial charge in [0.2, 0.25) is 5.16 Å². The number of rotatable bonds is 6. The summed E-state index contributed by atoms with van der Waals surface area (Å²) < 4.78 is 1.93. The molecule has 0 amide bonds. The quantitative estimate of drug-likeness (QED) is 0.466. The van der Waals surface area contributed by atoms with E-state index in [0.717, 1.165) is 32.9 Å². The number of nitrogens with two attached hydrogens (primary N) is 1. The second-order valence-electron chi connectivity index (χ2n) is 6.19. The summed E-state index contributed by atoms with van der Waals surface area (Å²) in [7, 11) is 2.71. The van der Waals surface area contributed by atoms with Crippen LogP contribution in [0.15, 0.2) is 39.0 Å². The lowest BCUT2D eigenvalue weighted by Crippen LogP contribution is -2.41. The lowest BCUT2D eigenvalue weighted by Gasteiger charge is -2.10. The number of ketones is 1. The van der Waals surface area contributed by atoms with E-state index in [1.165, 1.54) is 19.7 Å². The minimum absolute atomic E-state index is 0.0797. The molecule has 3 rings (SSSR count). The summed E-state index contributed by atoms with van der Waals surface area (Å²) in [5.41, 5.74) is 6.42. The van der Waals surface area contributed by atoms with Gasteiger partial charge >= 0.3 is 5.69 Å². The molecule has 146 valence electrons. The minimum Gasteiger partial charge on any atom is -0.384 e. The van der Waals surface area contributed by atoms with Crippen LogP contribution in [0.3, 0.4) is 0 Å². The van der Waals surface area contributed by atoms with Gasteiger partial charge in [0.05, 0.1) is 5.75 Å². The molecule has 9 nitrogen and oxygen atoms in total. The Morgan fingerprint density at radius 1 is 1.18 bits per heavy atom. The molecule has 3 N–H and O–H groups in total. The monoisotopic (exact) mass is 400 g/mol. The Hall–Kier alpha value is -3.14. The highest BCUT2D eigenvalue weighted by Gasteiger charge is 2.21. The number of hydrogen-bond donors (Lipinski definition) is 2. The number of thioether (sulfide) groups is 1. The molecule has 0 radical (unpaired) electrons. The van der Waals surface area contributed by atoms with Gasteiger partial charge in [-0.05, 0) is 12.0 Å². The molecular weight excluding hydrogens is 380 g/mol. The Balaban J connectivity index is 1.77. The highest BCUT2D eigenvalue weighted by atomic mass is 32.2. The number of Topliss-reactive ketones (excluding diaryl/α,β-unsaturated/α-hetero) is 1. The third-order valence-corrected chi connectivity index (χ3v) is 5.27. The number of nitrogens with one attached hydrogen (secondary N) is 1. The van der Waals surface area contributed by atoms with E-state index in [1.54, 1.807) is 0 Å². The van der Waals surface area contributed by atoms with E-state index in [-0.39, 0.29) is 17.1 Å². The fourth-order valence-electron chi connectivity index (χ4n) is 2.66. The Kier molecular flexibility index (Phi) is 5.50. The molecule has 2 heterocycles. The summed E-state index contributed by atoms with van der Waals surface area (Å²) in [6.45, 7) is 2.08. The number of anilines is 1. The van der Waals surface area contributed by atoms with Gasteiger partial charge < -0.3 is 5.73 Å². The SMILES string of the molecule is CCc1ccc(-c2nc(SCC(=O)c3c(N)n(C)c(=O)n(C)c3=O)n[nH]2)cc1. The molecule has 3 aromatic rings. The zero-order valence-corrected chi connectivity index (χ0v) is 16.5. The molecule has 0 aliphatic heterocycles. The third-order valence-electron chi connectivity index (χ3n) is 4.42. The summed E-state index contributed by atoms with van der Waals surface area (Å²) in [4.78, 5) is 41.0. The number of hydrogen-bond acceptors (Lipinski definition) is 7. The van der Waals surface area contributed by atoms with Crippen molar-refractivity contribution < 1.29 is 4.79 Å². The van der Waals surface area contributed by atoms with Gasteiger partial charge in [-0.15, -0.1) is 5.10 Å². The summed E-state index contributed by atoms with van der Waals surface area (Å²) in [6, 6.07) is 7.94. The summed E-state index contributed by atoms with van der Waals surface area (Å²) >= 11 is 1.09. The van der Waals surface area contributed by atoms with Crippen molar-refractivity contribution >= 4 is 23.4 Å². The molecule has 0 saturated heterocycles. The van der Waals surface area contributed by atoms with Crippen LogP contribution >= 0.6 is 11.8 Å². The van der Waals surface area contributed by atoms with Crippen LogP contribution in [-0.2, 0) is 20.5 Å². The van der Waals surface area contributed by atoms with Gasteiger partial charge in [-0.2, -0.15) is 0 Å². The van der Waals surface area contributed by atoms with Gasteiger partial charge in [-0.1, -0.05) is 43.0 Å². The number of aryl methyl sites for hydroxylation is 1. The van der Waals surface area contributed by atoms with E-state index in [9.17, 15) is 14.4 Å². The number of aromatic nitrogens is 5. The van der Waals surface area contributed by atoms with Crippen molar-refractivity contribution in [2.75, 3.05) is 11.5 Å². The van der Waals surface area contributed by atoms with Gasteiger partial charge in [-0.3, -0.25) is 23.8 Å². The van der Waals surface area contributed by atoms with E-state index in [2.05, 4.69) is 22.1 Å². The normalized spacial score (nSPS) is 11.0. The van der Waals surface area contributed by atoms with Crippen LogP contribution in [0.25, 0.3) is 11.4 Å². The molecule has 0 spiro atoms. The molecular formula is C18H20N6O3S. The first-order valence-electron chi connectivity index (χ1n) is 8.56. The van der Waals surface area contributed by atoms with E-state index in [0.29, 0.717) is 11.0 Å². The Morgan fingerprint density at radius 2 is 1.86 bits per heavy atom. The first-order chi connectivity index (χ1) is 13.3. The number of carbonyl (C=O) groups excluding carboxylic acids is 1. The Bertz CT molecular complexity index is 1140. The molecule has 0 aliphatic rings. The number of carbonyl (C=O) groups is 1. The molecule has 0 bridgehead atoms. The maximum atomic E-state index is 12.5. The van der Waals surface area contributed by atoms with Gasteiger partial charge in [0.15, 0.2) is 11.6 Å². The molecule has 0 fully saturated rings. The molecule has 1 aromatic carbocycles. The van der Waals surface area contributed by atoms with Gasteiger partial charge in [0, 0.05) is 19.7 Å². The predicted molar refractivity (Wildman–Crippen MR) is 108 cm³/mol. The average Bonchev–Trinajstić information content (AvgIpc) is 3.18. The second-order valence-corrected chi connectivity index (χ2v) is 7.14. The van der Waals surface area contributed by atoms with E-state index >= 15 is 0 Å². The van der Waals surface area contributed by atoms with Crippen molar-refractivity contribution in [3.8, 4) is 11.4 Å². The van der Waals surface area contributed by atoms with Crippen LogP contribution < -0.4 is 17.0 Å². The summed E-state index contributed by atoms with van der Waals surface area (Å²) in [5, 5.41) is 7.32. The number of benzene rings is 1. The van der Waals surface area contributed by atoms with Crippen molar-refractivity contribution in [1.29, 1.82) is 0 Å². The number of nitrogen functional groups attached to an aromatic ring is 1. The summed E-state index contributed by atoms with van der Waals surface area (Å²) in [5.74, 6) is -0.123. The van der Waals surface area contributed by atoms with Gasteiger partial charge in [0.25, 0.3) is 5.56 Å². The lowest BCUT2D eigenvalue weighted by atomic mass is 10.1. The molecule has 0 atom stereocenters. The number of H-pyrrole nitrogens is 1. The van der Waals surface area contributed by atoms with E-state index < -0.39 is 17.0 Å². The van der Waals surface area contributed by atoms with E-state index in [4.69, 9.17) is 5.73 Å². The maximum Gasteiger partial charge on any atom is 0.332 e. The average molecular weight is 400 g/mol. The van der Waals surface area contributed by atoms with Crippen molar-refractivity contribution in [3.63, 3.8) is 0 Å². The summed E-state index contributed by atoms with van der Waals surface area (Å²) in [6.07, 6.45) is 0.952. The van der Waals surface area contributed by atoms with Crippen molar-refractivity contribution in [1.82, 2.24) is 24.3 Å². The molecule has 0 unspecified atom stereocenters. The minimum atomic E-state index is -0.710. The standard InChI is InChI=1S/C18H20N6O3S/c1-4-10-5-7-11(8-6-10)15-20-17(22-21-15)28-9-12(25)13-14(19)23(2)18(27)24(3)16(13)26/h5-8H,4,9,19H2,1-3H3,(H,20,21,22). The molecule has 2 aromatic heterocycles. The maximum absolute atomic E-state index is 12.5. The number of aromatic amines is 1. The largest absolute Gasteiger partial charge is 0.384 e. The first-order valence-corrected chi connectivity index (χ1v) is 9.55. The first kappa shape index (κ1) is 19.6. The van der Waals surface area contributed by atoms with Crippen molar-refractivity contribution in [2.24, 2.45) is 14.1 Å².